The lowest BCUT2D eigenvalue weighted by molar-refractivity contribution is 0.0748. The van der Waals surface area contributed by atoms with Crippen LogP contribution in [0.25, 0.3) is 0 Å². The van der Waals surface area contributed by atoms with Gasteiger partial charge in [0, 0.05) is 29.6 Å². The van der Waals surface area contributed by atoms with Crippen LogP contribution in [0.2, 0.25) is 5.02 Å². The van der Waals surface area contributed by atoms with E-state index in [9.17, 15) is 4.79 Å². The number of hydrogen-bond acceptors (Lipinski definition) is 2. The number of hydrogen-bond donors (Lipinski definition) is 1. The molecule has 2 bridgehead atoms. The lowest BCUT2D eigenvalue weighted by Gasteiger charge is -2.24. The van der Waals surface area contributed by atoms with E-state index in [4.69, 9.17) is 11.6 Å². The number of amides is 1. The molecule has 2 heterocycles. The molecule has 2 aliphatic heterocycles. The number of nitrogens with one attached hydrogen (secondary N) is 1. The van der Waals surface area contributed by atoms with Crippen LogP contribution in [0.15, 0.2) is 22.7 Å². The van der Waals surface area contributed by atoms with Crippen molar-refractivity contribution in [2.75, 3.05) is 13.1 Å². The average molecular weight is 380 g/mol. The van der Waals surface area contributed by atoms with Gasteiger partial charge >= 0.3 is 0 Å². The molecule has 1 N–H and O–H groups in total. The van der Waals surface area contributed by atoms with Gasteiger partial charge in [-0.25, -0.2) is 0 Å². The summed E-state index contributed by atoms with van der Waals surface area (Å²) in [6, 6.07) is 6.53. The summed E-state index contributed by atoms with van der Waals surface area (Å²) in [6.45, 7) is 1.61. The summed E-state index contributed by atoms with van der Waals surface area (Å²) < 4.78 is 0.773. The first kappa shape index (κ1) is 16.1. The number of nitrogens with zero attached hydrogens (tertiary/aromatic N) is 1. The molecule has 110 valence electrons. The first-order valence-corrected chi connectivity index (χ1v) is 7.81. The summed E-state index contributed by atoms with van der Waals surface area (Å²) in [5, 5.41) is 4.09. The van der Waals surface area contributed by atoms with Crippen molar-refractivity contribution in [2.24, 2.45) is 0 Å². The highest BCUT2D eigenvalue weighted by Crippen LogP contribution is 2.28. The number of halogens is 3. The van der Waals surface area contributed by atoms with Crippen molar-refractivity contribution < 1.29 is 4.79 Å². The third-order valence-electron chi connectivity index (χ3n) is 3.99. The summed E-state index contributed by atoms with van der Waals surface area (Å²) in [6.07, 6.45) is 3.44. The highest BCUT2D eigenvalue weighted by Gasteiger charge is 2.32. The third kappa shape index (κ3) is 3.14. The second-order valence-corrected chi connectivity index (χ2v) is 6.51. The monoisotopic (exact) mass is 378 g/mol. The van der Waals surface area contributed by atoms with Gasteiger partial charge in [-0.3, -0.25) is 4.79 Å². The van der Waals surface area contributed by atoms with Crippen LogP contribution in [0.1, 0.15) is 29.6 Å². The fourth-order valence-electron chi connectivity index (χ4n) is 2.97. The zero-order valence-electron chi connectivity index (χ0n) is 10.9. The smallest absolute Gasteiger partial charge is 0.255 e. The van der Waals surface area contributed by atoms with Crippen LogP contribution < -0.4 is 5.32 Å². The van der Waals surface area contributed by atoms with E-state index in [2.05, 4.69) is 21.2 Å². The van der Waals surface area contributed by atoms with Crippen molar-refractivity contribution in [1.29, 1.82) is 0 Å². The maximum absolute atomic E-state index is 12.6. The minimum atomic E-state index is 0. The van der Waals surface area contributed by atoms with E-state index in [0.717, 1.165) is 24.0 Å². The van der Waals surface area contributed by atoms with Crippen molar-refractivity contribution >= 4 is 45.8 Å². The summed E-state index contributed by atoms with van der Waals surface area (Å²) in [5.41, 5.74) is 0.591. The molecule has 2 saturated heterocycles. The molecule has 3 rings (SSSR count). The molecule has 2 aliphatic rings. The molecular weight excluding hydrogens is 363 g/mol. The molecule has 1 amide bonds. The molecule has 0 aliphatic carbocycles. The zero-order valence-corrected chi connectivity index (χ0v) is 14.1. The van der Waals surface area contributed by atoms with Gasteiger partial charge in [-0.05, 0) is 47.3 Å². The van der Waals surface area contributed by atoms with Gasteiger partial charge in [0.2, 0.25) is 0 Å². The fraction of sp³-hybridized carbons (Fsp3) is 0.500. The van der Waals surface area contributed by atoms with E-state index in [1.54, 1.807) is 6.07 Å². The average Bonchev–Trinajstić information content (AvgIpc) is 2.72. The minimum Gasteiger partial charge on any atom is -0.337 e. The summed E-state index contributed by atoms with van der Waals surface area (Å²) in [5.74, 6) is 0.0423. The summed E-state index contributed by atoms with van der Waals surface area (Å²) in [7, 11) is 0. The molecule has 2 fully saturated rings. The van der Waals surface area contributed by atoms with E-state index in [1.807, 2.05) is 17.0 Å². The Hall–Kier alpha value is -0.290. The lowest BCUT2D eigenvalue weighted by atomic mass is 10.1. The molecule has 0 saturated carbocycles. The van der Waals surface area contributed by atoms with Crippen molar-refractivity contribution in [2.45, 2.75) is 31.3 Å². The maximum Gasteiger partial charge on any atom is 0.255 e. The Balaban J connectivity index is 0.00000147. The molecule has 1 aromatic carbocycles. The van der Waals surface area contributed by atoms with E-state index >= 15 is 0 Å². The predicted octanol–water partition coefficient (Wildman–Crippen LogP) is 3.49. The van der Waals surface area contributed by atoms with E-state index in [-0.39, 0.29) is 18.3 Å². The molecule has 1 aromatic rings. The van der Waals surface area contributed by atoms with Crippen LogP contribution >= 0.6 is 39.9 Å². The van der Waals surface area contributed by atoms with Gasteiger partial charge in [0.05, 0.1) is 10.6 Å². The highest BCUT2D eigenvalue weighted by molar-refractivity contribution is 9.10. The van der Waals surface area contributed by atoms with Gasteiger partial charge in [0.1, 0.15) is 0 Å². The second-order valence-electron chi connectivity index (χ2n) is 5.28. The highest BCUT2D eigenvalue weighted by atomic mass is 79.9. The Kier molecular flexibility index (Phi) is 5.35. The Morgan fingerprint density at radius 2 is 2.05 bits per heavy atom. The van der Waals surface area contributed by atoms with Crippen LogP contribution in [-0.2, 0) is 0 Å². The first-order chi connectivity index (χ1) is 9.15. The molecule has 0 spiro atoms. The van der Waals surface area contributed by atoms with Crippen LogP contribution in [0, 0.1) is 0 Å². The van der Waals surface area contributed by atoms with Gasteiger partial charge in [0.25, 0.3) is 5.91 Å². The Bertz CT molecular complexity index is 512. The largest absolute Gasteiger partial charge is 0.337 e. The number of carbonyl (C=O) groups is 1. The minimum absolute atomic E-state index is 0. The van der Waals surface area contributed by atoms with Gasteiger partial charge in [-0.1, -0.05) is 17.7 Å². The molecule has 3 nitrogen and oxygen atoms in total. The van der Waals surface area contributed by atoms with E-state index in [0.29, 0.717) is 22.7 Å². The number of likely N-dealkylation sites (tertiary alicyclic amines) is 1. The topological polar surface area (TPSA) is 32.3 Å². The Labute approximate surface area is 138 Å². The van der Waals surface area contributed by atoms with Gasteiger partial charge in [-0.15, -0.1) is 12.4 Å². The van der Waals surface area contributed by atoms with Gasteiger partial charge in [0.15, 0.2) is 0 Å². The normalized spacial score (nSPS) is 25.0. The van der Waals surface area contributed by atoms with Crippen LogP contribution in [0.3, 0.4) is 0 Å². The van der Waals surface area contributed by atoms with Crippen LogP contribution in [0.5, 0.6) is 0 Å². The quantitative estimate of drug-likeness (QED) is 0.809. The molecule has 2 unspecified atom stereocenters. The molecule has 0 aromatic heterocycles. The number of rotatable bonds is 1. The predicted molar refractivity (Wildman–Crippen MR) is 86.9 cm³/mol. The summed E-state index contributed by atoms with van der Waals surface area (Å²) >= 11 is 9.59. The zero-order chi connectivity index (χ0) is 13.4. The summed E-state index contributed by atoms with van der Waals surface area (Å²) in [4.78, 5) is 14.5. The number of fused-ring (bicyclic) bond motifs is 2. The van der Waals surface area contributed by atoms with Gasteiger partial charge < -0.3 is 10.2 Å². The van der Waals surface area contributed by atoms with Crippen LogP contribution in [0.4, 0.5) is 0 Å². The molecule has 20 heavy (non-hydrogen) atoms. The van der Waals surface area contributed by atoms with Crippen LogP contribution in [-0.4, -0.2) is 36.0 Å². The van der Waals surface area contributed by atoms with Gasteiger partial charge in [-0.2, -0.15) is 0 Å². The maximum atomic E-state index is 12.6. The van der Waals surface area contributed by atoms with Crippen molar-refractivity contribution in [1.82, 2.24) is 10.2 Å². The molecule has 2 atom stereocenters. The van der Waals surface area contributed by atoms with E-state index < -0.39 is 0 Å². The molecule has 6 heteroatoms. The third-order valence-corrected chi connectivity index (χ3v) is 5.29. The standard InChI is InChI=1S/C14H16BrClN2O.ClH/c15-12-3-1-2-11(13(12)16)14(19)18-7-6-9-4-5-10(8-18)17-9;/h1-3,9-10,17H,4-8H2;1H. The SMILES string of the molecule is Cl.O=C(c1cccc(Br)c1Cl)N1CCC2CCC(C1)N2. The molecular formula is C14H17BrCl2N2O. The lowest BCUT2D eigenvalue weighted by Crippen LogP contribution is -2.39. The number of benzene rings is 1. The molecule has 0 radical (unpaired) electrons. The van der Waals surface area contributed by atoms with Crippen molar-refractivity contribution in [3.05, 3.63) is 33.3 Å². The fourth-order valence-corrected chi connectivity index (χ4v) is 3.54. The number of carbonyl (C=O) groups excluding carboxylic acids is 1. The van der Waals surface area contributed by atoms with E-state index in [1.165, 1.54) is 12.8 Å². The second kappa shape index (κ2) is 6.65. The van der Waals surface area contributed by atoms with Crippen molar-refractivity contribution in [3.8, 4) is 0 Å². The Morgan fingerprint density at radius 3 is 2.85 bits per heavy atom. The first-order valence-electron chi connectivity index (χ1n) is 6.64. The van der Waals surface area contributed by atoms with Crippen molar-refractivity contribution in [3.63, 3.8) is 0 Å². The Morgan fingerprint density at radius 1 is 1.30 bits per heavy atom.